The van der Waals surface area contributed by atoms with Crippen molar-refractivity contribution < 1.29 is 23.8 Å². The van der Waals surface area contributed by atoms with E-state index in [0.29, 0.717) is 64.9 Å². The van der Waals surface area contributed by atoms with Gasteiger partial charge in [0, 0.05) is 24.2 Å². The molecular formula is C27H30FN5O4. The lowest BCUT2D eigenvalue weighted by molar-refractivity contribution is -0.133. The molecule has 0 unspecified atom stereocenters. The first-order chi connectivity index (χ1) is 17.8. The van der Waals surface area contributed by atoms with E-state index in [1.165, 1.54) is 6.33 Å². The fourth-order valence-corrected chi connectivity index (χ4v) is 5.44. The van der Waals surface area contributed by atoms with Gasteiger partial charge in [0.15, 0.2) is 0 Å². The average molecular weight is 508 g/mol. The summed E-state index contributed by atoms with van der Waals surface area (Å²) in [6.45, 7) is 4.36. The smallest absolute Gasteiger partial charge is 0.255 e. The predicted molar refractivity (Wildman–Crippen MR) is 134 cm³/mol. The molecule has 3 N–H and O–H groups in total. The number of aliphatic hydroxyl groups is 1. The van der Waals surface area contributed by atoms with Gasteiger partial charge in [0.2, 0.25) is 5.91 Å². The van der Waals surface area contributed by atoms with Crippen LogP contribution in [-0.2, 0) is 4.79 Å². The molecule has 3 aliphatic rings. The van der Waals surface area contributed by atoms with E-state index in [0.717, 1.165) is 25.7 Å². The molecule has 3 heterocycles. The Morgan fingerprint density at radius 3 is 2.76 bits per heavy atom. The number of aryl methyl sites for hydroxylation is 2. The van der Waals surface area contributed by atoms with Gasteiger partial charge in [-0.05, 0) is 57.1 Å². The third-order valence-corrected chi connectivity index (χ3v) is 8.04. The highest BCUT2D eigenvalue weighted by atomic mass is 19.1. The zero-order valence-corrected chi connectivity index (χ0v) is 20.9. The predicted octanol–water partition coefficient (Wildman–Crippen LogP) is 2.88. The quantitative estimate of drug-likeness (QED) is 0.452. The number of H-pyrrole nitrogens is 1. The Morgan fingerprint density at radius 2 is 2.05 bits per heavy atom. The molecule has 3 fully saturated rings. The number of nitrogens with zero attached hydrogens (tertiary/aromatic N) is 3. The molecule has 0 bridgehead atoms. The third kappa shape index (κ3) is 4.13. The van der Waals surface area contributed by atoms with E-state index in [1.54, 1.807) is 30.9 Å². The van der Waals surface area contributed by atoms with E-state index >= 15 is 4.39 Å². The van der Waals surface area contributed by atoms with Crippen molar-refractivity contribution in [3.8, 4) is 17.0 Å². The molecule has 1 aliphatic heterocycles. The lowest BCUT2D eigenvalue weighted by atomic mass is 10.00. The number of rotatable bonds is 7. The first kappa shape index (κ1) is 23.8. The lowest BCUT2D eigenvalue weighted by Gasteiger charge is -2.18. The molecule has 2 aromatic heterocycles. The van der Waals surface area contributed by atoms with Crippen LogP contribution in [0.5, 0.6) is 5.75 Å². The SMILES string of the molecule is Cc1ccc(OCC2CC2)c(-c2ncnc3c(C(=O)N[C@@H]4CN(C(=O)CO)CC45CC5)c(C)[nH]c23)c1F. The molecule has 194 valence electrons. The minimum absolute atomic E-state index is 0.140. The van der Waals surface area contributed by atoms with Crippen LogP contribution < -0.4 is 10.1 Å². The minimum atomic E-state index is -0.542. The van der Waals surface area contributed by atoms with Gasteiger partial charge in [-0.2, -0.15) is 0 Å². The lowest BCUT2D eigenvalue weighted by Crippen LogP contribution is -2.42. The first-order valence-electron chi connectivity index (χ1n) is 12.8. The average Bonchev–Trinajstić information content (AvgIpc) is 3.79. The van der Waals surface area contributed by atoms with Gasteiger partial charge >= 0.3 is 0 Å². The molecule has 10 heteroatoms. The summed E-state index contributed by atoms with van der Waals surface area (Å²) in [4.78, 5) is 39.2. The number of halogens is 1. The maximum atomic E-state index is 15.5. The van der Waals surface area contributed by atoms with Gasteiger partial charge in [0.1, 0.15) is 35.7 Å². The minimum Gasteiger partial charge on any atom is -0.492 e. The molecule has 1 atom stereocenters. The molecule has 0 radical (unpaired) electrons. The van der Waals surface area contributed by atoms with Crippen molar-refractivity contribution in [2.45, 2.75) is 45.6 Å². The Morgan fingerprint density at radius 1 is 1.27 bits per heavy atom. The summed E-state index contributed by atoms with van der Waals surface area (Å²) in [6, 6.07) is 3.25. The van der Waals surface area contributed by atoms with Crippen LogP contribution in [0.3, 0.4) is 0 Å². The highest BCUT2D eigenvalue weighted by Gasteiger charge is 2.56. The third-order valence-electron chi connectivity index (χ3n) is 8.04. The van der Waals surface area contributed by atoms with Crippen molar-refractivity contribution in [3.63, 3.8) is 0 Å². The summed E-state index contributed by atoms with van der Waals surface area (Å²) in [5, 5.41) is 12.4. The molecule has 9 nitrogen and oxygen atoms in total. The standard InChI is InChI=1S/C27H30FN5O4/c1-14-3-6-17(37-11-16-4-5-16)21(22(14)28)24-25-23(29-13-30-24)20(15(2)31-25)26(36)32-18-9-33(19(35)10-34)12-27(18)7-8-27/h3,6,13,16,18,31,34H,4-5,7-12H2,1-2H3,(H,32,36)/t18-/m1/s1. The Balaban J connectivity index is 1.35. The van der Waals surface area contributed by atoms with Crippen LogP contribution in [0.1, 0.15) is 47.3 Å². The van der Waals surface area contributed by atoms with Gasteiger partial charge in [-0.25, -0.2) is 14.4 Å². The van der Waals surface area contributed by atoms with Crippen molar-refractivity contribution in [3.05, 3.63) is 41.1 Å². The number of aliphatic hydroxyl groups excluding tert-OH is 1. The van der Waals surface area contributed by atoms with Crippen LogP contribution in [0.4, 0.5) is 4.39 Å². The zero-order chi connectivity index (χ0) is 25.9. The monoisotopic (exact) mass is 507 g/mol. The number of amides is 2. The molecule has 1 saturated heterocycles. The van der Waals surface area contributed by atoms with Gasteiger partial charge in [-0.1, -0.05) is 6.07 Å². The van der Waals surface area contributed by atoms with E-state index in [2.05, 4.69) is 20.3 Å². The van der Waals surface area contributed by atoms with Crippen LogP contribution >= 0.6 is 0 Å². The van der Waals surface area contributed by atoms with Gasteiger partial charge in [-0.3, -0.25) is 9.59 Å². The fraction of sp³-hybridized carbons (Fsp3) is 0.481. The molecule has 2 amide bonds. The number of aromatic nitrogens is 3. The van der Waals surface area contributed by atoms with Crippen molar-refractivity contribution >= 4 is 22.8 Å². The maximum Gasteiger partial charge on any atom is 0.255 e. The number of nitrogens with one attached hydrogen (secondary N) is 2. The zero-order valence-electron chi connectivity index (χ0n) is 20.9. The molecule has 2 saturated carbocycles. The molecule has 2 aliphatic carbocycles. The normalized spacial score (nSPS) is 20.0. The van der Waals surface area contributed by atoms with Gasteiger partial charge < -0.3 is 25.0 Å². The number of hydrogen-bond donors (Lipinski definition) is 3. The van der Waals surface area contributed by atoms with Crippen molar-refractivity contribution in [1.29, 1.82) is 0 Å². The Hall–Kier alpha value is -3.53. The number of aromatic amines is 1. The van der Waals surface area contributed by atoms with Crippen LogP contribution in [0.2, 0.25) is 0 Å². The van der Waals surface area contributed by atoms with Crippen LogP contribution in [0.25, 0.3) is 22.3 Å². The number of fused-ring (bicyclic) bond motifs is 1. The van der Waals surface area contributed by atoms with Crippen molar-refractivity contribution in [2.24, 2.45) is 11.3 Å². The van der Waals surface area contributed by atoms with E-state index in [-0.39, 0.29) is 28.8 Å². The summed E-state index contributed by atoms with van der Waals surface area (Å²) < 4.78 is 21.5. The van der Waals surface area contributed by atoms with E-state index in [4.69, 9.17) is 4.74 Å². The second-order valence-corrected chi connectivity index (χ2v) is 10.7. The highest BCUT2D eigenvalue weighted by Crippen LogP contribution is 2.53. The van der Waals surface area contributed by atoms with Crippen LogP contribution in [-0.4, -0.2) is 69.1 Å². The molecule has 1 spiro atoms. The van der Waals surface area contributed by atoms with Crippen molar-refractivity contribution in [1.82, 2.24) is 25.2 Å². The van der Waals surface area contributed by atoms with E-state index < -0.39 is 12.4 Å². The summed E-state index contributed by atoms with van der Waals surface area (Å²) in [6.07, 6.45) is 5.41. The summed E-state index contributed by atoms with van der Waals surface area (Å²) >= 11 is 0. The second kappa shape index (κ2) is 8.79. The number of carbonyl (C=O) groups excluding carboxylic acids is 2. The number of likely N-dealkylation sites (tertiary alicyclic amines) is 1. The van der Waals surface area contributed by atoms with E-state index in [1.807, 2.05) is 0 Å². The Bertz CT molecular complexity index is 1410. The topological polar surface area (TPSA) is 120 Å². The Kier molecular flexibility index (Phi) is 5.67. The number of benzene rings is 1. The summed E-state index contributed by atoms with van der Waals surface area (Å²) in [5.41, 5.74) is 2.77. The molecule has 1 aromatic carbocycles. The molecule has 3 aromatic rings. The summed E-state index contributed by atoms with van der Waals surface area (Å²) in [5.74, 6) is -0.133. The fourth-order valence-electron chi connectivity index (χ4n) is 5.44. The van der Waals surface area contributed by atoms with Gasteiger partial charge in [-0.15, -0.1) is 0 Å². The van der Waals surface area contributed by atoms with E-state index in [9.17, 15) is 14.7 Å². The number of hydrogen-bond acceptors (Lipinski definition) is 6. The molecule has 6 rings (SSSR count). The highest BCUT2D eigenvalue weighted by molar-refractivity contribution is 6.09. The summed E-state index contributed by atoms with van der Waals surface area (Å²) in [7, 11) is 0. The maximum absolute atomic E-state index is 15.5. The van der Waals surface area contributed by atoms with Crippen molar-refractivity contribution in [2.75, 3.05) is 26.3 Å². The number of carbonyl (C=O) groups is 2. The Labute approximate surface area is 213 Å². The van der Waals surface area contributed by atoms with Gasteiger partial charge in [0.05, 0.1) is 29.3 Å². The van der Waals surface area contributed by atoms with Crippen LogP contribution in [0, 0.1) is 31.0 Å². The number of ether oxygens (including phenoxy) is 1. The largest absolute Gasteiger partial charge is 0.492 e. The second-order valence-electron chi connectivity index (χ2n) is 10.7. The first-order valence-corrected chi connectivity index (χ1v) is 12.8. The molecule has 37 heavy (non-hydrogen) atoms. The van der Waals surface area contributed by atoms with Crippen LogP contribution in [0.15, 0.2) is 18.5 Å². The molecular weight excluding hydrogens is 477 g/mol. The van der Waals surface area contributed by atoms with Gasteiger partial charge in [0.25, 0.3) is 5.91 Å².